The van der Waals surface area contributed by atoms with Crippen LogP contribution in [0.2, 0.25) is 0 Å². The van der Waals surface area contributed by atoms with Crippen LogP contribution in [0.5, 0.6) is 0 Å². The fourth-order valence-corrected chi connectivity index (χ4v) is 2.79. The molecule has 2 aromatic rings. The van der Waals surface area contributed by atoms with Gasteiger partial charge >= 0.3 is 0 Å². The van der Waals surface area contributed by atoms with Gasteiger partial charge in [-0.05, 0) is 43.1 Å². The third-order valence-electron chi connectivity index (χ3n) is 3.69. The molecule has 0 aliphatic carbocycles. The molecule has 0 bridgehead atoms. The van der Waals surface area contributed by atoms with Gasteiger partial charge in [0.1, 0.15) is 0 Å². The lowest BCUT2D eigenvalue weighted by Crippen LogP contribution is -2.31. The lowest BCUT2D eigenvalue weighted by Gasteiger charge is -2.33. The average molecular weight is 268 g/mol. The first-order chi connectivity index (χ1) is 9.78. The van der Waals surface area contributed by atoms with Gasteiger partial charge in [-0.3, -0.25) is 0 Å². The molecule has 1 unspecified atom stereocenters. The molecule has 1 atom stereocenters. The zero-order valence-corrected chi connectivity index (χ0v) is 12.0. The molecule has 0 saturated heterocycles. The van der Waals surface area contributed by atoms with E-state index in [0.29, 0.717) is 5.92 Å². The number of aromatic nitrogens is 2. The second-order valence-electron chi connectivity index (χ2n) is 5.46. The molecule has 0 radical (unpaired) electrons. The highest BCUT2D eigenvalue weighted by molar-refractivity contribution is 5.65. The maximum Gasteiger partial charge on any atom is 0.155 e. The molecule has 104 valence electrons. The maximum absolute atomic E-state index is 4.39. The number of nitrogens with one attached hydrogen (secondary N) is 1. The van der Waals surface area contributed by atoms with E-state index in [4.69, 9.17) is 0 Å². The Balaban J connectivity index is 1.93. The Kier molecular flexibility index (Phi) is 3.65. The van der Waals surface area contributed by atoms with Gasteiger partial charge in [-0.1, -0.05) is 25.1 Å². The zero-order chi connectivity index (χ0) is 13.9. The summed E-state index contributed by atoms with van der Waals surface area (Å²) in [5, 5.41) is 11.8. The van der Waals surface area contributed by atoms with E-state index in [1.807, 2.05) is 13.1 Å². The molecule has 1 aromatic heterocycles. The quantitative estimate of drug-likeness (QED) is 0.928. The van der Waals surface area contributed by atoms with Crippen molar-refractivity contribution in [1.82, 2.24) is 15.5 Å². The highest BCUT2D eigenvalue weighted by Gasteiger charge is 2.23. The van der Waals surface area contributed by atoms with Gasteiger partial charge in [-0.15, -0.1) is 5.10 Å². The first-order valence-electron chi connectivity index (χ1n) is 7.10. The van der Waals surface area contributed by atoms with Crippen molar-refractivity contribution in [2.75, 3.05) is 18.5 Å². The van der Waals surface area contributed by atoms with E-state index in [1.54, 1.807) is 0 Å². The van der Waals surface area contributed by atoms with Crippen LogP contribution in [0.15, 0.2) is 36.4 Å². The Hall–Kier alpha value is -1.94. The van der Waals surface area contributed by atoms with E-state index in [1.165, 1.54) is 11.3 Å². The van der Waals surface area contributed by atoms with Crippen LogP contribution in [-0.4, -0.2) is 23.8 Å². The van der Waals surface area contributed by atoms with Crippen molar-refractivity contribution in [3.63, 3.8) is 0 Å². The Labute approximate surface area is 119 Å². The van der Waals surface area contributed by atoms with Crippen LogP contribution in [-0.2, 0) is 13.0 Å². The second-order valence-corrected chi connectivity index (χ2v) is 5.46. The van der Waals surface area contributed by atoms with Crippen molar-refractivity contribution >= 4 is 11.5 Å². The lowest BCUT2D eigenvalue weighted by molar-refractivity contribution is 0.558. The van der Waals surface area contributed by atoms with Crippen LogP contribution >= 0.6 is 0 Å². The predicted octanol–water partition coefficient (Wildman–Crippen LogP) is 2.53. The first-order valence-corrected chi connectivity index (χ1v) is 7.10. The Morgan fingerprint density at radius 2 is 2.05 bits per heavy atom. The maximum atomic E-state index is 4.39. The molecule has 20 heavy (non-hydrogen) atoms. The van der Waals surface area contributed by atoms with Crippen LogP contribution in [0.3, 0.4) is 0 Å². The summed E-state index contributed by atoms with van der Waals surface area (Å²) >= 11 is 0. The Morgan fingerprint density at radius 1 is 1.20 bits per heavy atom. The third-order valence-corrected chi connectivity index (χ3v) is 3.69. The van der Waals surface area contributed by atoms with E-state index < -0.39 is 0 Å². The van der Waals surface area contributed by atoms with E-state index >= 15 is 0 Å². The largest absolute Gasteiger partial charge is 0.324 e. The minimum atomic E-state index is 0.628. The van der Waals surface area contributed by atoms with Gasteiger partial charge in [0.25, 0.3) is 0 Å². The van der Waals surface area contributed by atoms with Crippen LogP contribution in [0.25, 0.3) is 0 Å². The summed E-state index contributed by atoms with van der Waals surface area (Å²) in [7, 11) is 1.91. The number of anilines is 2. The van der Waals surface area contributed by atoms with Crippen LogP contribution in [0.4, 0.5) is 11.5 Å². The minimum Gasteiger partial charge on any atom is -0.324 e. The molecule has 1 aliphatic heterocycles. The number of hydrogen-bond donors (Lipinski definition) is 1. The van der Waals surface area contributed by atoms with Crippen molar-refractivity contribution in [3.05, 3.63) is 47.7 Å². The van der Waals surface area contributed by atoms with Crippen molar-refractivity contribution in [1.29, 1.82) is 0 Å². The number of rotatable bonds is 3. The molecule has 1 N–H and O–H groups in total. The van der Waals surface area contributed by atoms with Gasteiger partial charge in [0.2, 0.25) is 0 Å². The van der Waals surface area contributed by atoms with E-state index in [2.05, 4.69) is 57.7 Å². The second kappa shape index (κ2) is 5.59. The van der Waals surface area contributed by atoms with Crippen LogP contribution in [0.1, 0.15) is 18.2 Å². The number of benzene rings is 1. The molecular formula is C16H20N4. The lowest BCUT2D eigenvalue weighted by atomic mass is 9.94. The van der Waals surface area contributed by atoms with Crippen molar-refractivity contribution in [2.24, 2.45) is 5.92 Å². The summed E-state index contributed by atoms with van der Waals surface area (Å²) < 4.78 is 0. The molecular weight excluding hydrogens is 248 g/mol. The molecule has 4 nitrogen and oxygen atoms in total. The first kappa shape index (κ1) is 13.1. The summed E-state index contributed by atoms with van der Waals surface area (Å²) in [4.78, 5) is 2.28. The van der Waals surface area contributed by atoms with E-state index in [0.717, 1.165) is 31.0 Å². The van der Waals surface area contributed by atoms with E-state index in [-0.39, 0.29) is 0 Å². The SMILES string of the molecule is CNCc1ccc(N2CC(C)Cc3ccccc32)nn1. The summed E-state index contributed by atoms with van der Waals surface area (Å²) in [6, 6.07) is 12.7. The monoisotopic (exact) mass is 268 g/mol. The molecule has 3 rings (SSSR count). The zero-order valence-electron chi connectivity index (χ0n) is 12.0. The molecule has 2 heterocycles. The van der Waals surface area contributed by atoms with Gasteiger partial charge in [-0.25, -0.2) is 0 Å². The van der Waals surface area contributed by atoms with Crippen molar-refractivity contribution in [2.45, 2.75) is 19.9 Å². The molecule has 1 aliphatic rings. The fourth-order valence-electron chi connectivity index (χ4n) is 2.79. The van der Waals surface area contributed by atoms with Gasteiger partial charge in [-0.2, -0.15) is 5.10 Å². The Morgan fingerprint density at radius 3 is 2.80 bits per heavy atom. The van der Waals surface area contributed by atoms with Gasteiger partial charge in [0.15, 0.2) is 5.82 Å². The third kappa shape index (κ3) is 2.51. The predicted molar refractivity (Wildman–Crippen MR) is 81.1 cm³/mol. The fraction of sp³-hybridized carbons (Fsp3) is 0.375. The summed E-state index contributed by atoms with van der Waals surface area (Å²) in [5.74, 6) is 1.56. The number of hydrogen-bond acceptors (Lipinski definition) is 4. The van der Waals surface area contributed by atoms with Crippen LogP contribution < -0.4 is 10.2 Å². The minimum absolute atomic E-state index is 0.628. The summed E-state index contributed by atoms with van der Waals surface area (Å²) in [6.45, 7) is 4.03. The number of fused-ring (bicyclic) bond motifs is 1. The highest BCUT2D eigenvalue weighted by atomic mass is 15.3. The molecule has 0 saturated carbocycles. The van der Waals surface area contributed by atoms with Gasteiger partial charge in [0.05, 0.1) is 5.69 Å². The van der Waals surface area contributed by atoms with Gasteiger partial charge in [0, 0.05) is 18.8 Å². The van der Waals surface area contributed by atoms with Crippen LogP contribution in [0, 0.1) is 5.92 Å². The molecule has 0 amide bonds. The highest BCUT2D eigenvalue weighted by Crippen LogP contribution is 2.33. The summed E-state index contributed by atoms with van der Waals surface area (Å²) in [5.41, 5.74) is 3.63. The molecule has 1 aromatic carbocycles. The molecule has 4 heteroatoms. The molecule has 0 spiro atoms. The molecule has 0 fully saturated rings. The number of para-hydroxylation sites is 1. The van der Waals surface area contributed by atoms with Gasteiger partial charge < -0.3 is 10.2 Å². The normalized spacial score (nSPS) is 17.9. The van der Waals surface area contributed by atoms with Crippen molar-refractivity contribution < 1.29 is 0 Å². The summed E-state index contributed by atoms with van der Waals surface area (Å²) in [6.07, 6.45) is 1.14. The topological polar surface area (TPSA) is 41.0 Å². The Bertz CT molecular complexity index is 579. The average Bonchev–Trinajstić information content (AvgIpc) is 2.47. The smallest absolute Gasteiger partial charge is 0.155 e. The van der Waals surface area contributed by atoms with E-state index in [9.17, 15) is 0 Å². The van der Waals surface area contributed by atoms with Crippen molar-refractivity contribution in [3.8, 4) is 0 Å². The standard InChI is InChI=1S/C16H20N4/c1-12-9-13-5-3-4-6-15(13)20(11-12)16-8-7-14(10-17-2)18-19-16/h3-8,12,17H,9-11H2,1-2H3. The number of nitrogens with zero attached hydrogens (tertiary/aromatic N) is 3.